The molecule has 0 fully saturated rings. The van der Waals surface area contributed by atoms with Crippen LogP contribution in [-0.4, -0.2) is 37.7 Å². The number of carbonyl (C=O) groups excluding carboxylic acids is 2. The van der Waals surface area contributed by atoms with Gasteiger partial charge >= 0.3 is 5.97 Å². The minimum atomic E-state index is -1.31. The fraction of sp³-hybridized carbons (Fsp3) is 0.391. The number of anilines is 1. The summed E-state index contributed by atoms with van der Waals surface area (Å²) in [5.41, 5.74) is 7.82. The second-order valence-corrected chi connectivity index (χ2v) is 9.54. The van der Waals surface area contributed by atoms with Crippen LogP contribution in [0.3, 0.4) is 0 Å². The number of amides is 1. The third kappa shape index (κ3) is 5.04. The molecule has 2 aromatic rings. The van der Waals surface area contributed by atoms with E-state index in [0.717, 1.165) is 0 Å². The first-order chi connectivity index (χ1) is 14.5. The van der Waals surface area contributed by atoms with Gasteiger partial charge in [-0.3, -0.25) is 9.59 Å². The van der Waals surface area contributed by atoms with Crippen molar-refractivity contribution >= 4 is 40.8 Å². The highest BCUT2D eigenvalue weighted by molar-refractivity contribution is 6.31. The summed E-state index contributed by atoms with van der Waals surface area (Å²) in [6.07, 6.45) is -2.04. The van der Waals surface area contributed by atoms with Crippen molar-refractivity contribution in [1.29, 1.82) is 0 Å². The van der Waals surface area contributed by atoms with Crippen molar-refractivity contribution in [2.75, 3.05) is 18.6 Å². The first-order valence-electron chi connectivity index (χ1n) is 9.87. The summed E-state index contributed by atoms with van der Waals surface area (Å²) < 4.78 is 11.0. The Balaban J connectivity index is 2.24. The molecule has 3 rings (SSSR count). The maximum atomic E-state index is 13.6. The molecule has 2 aromatic carbocycles. The lowest BCUT2D eigenvalue weighted by Crippen LogP contribution is -2.54. The maximum Gasteiger partial charge on any atom is 0.325 e. The SMILES string of the molecule is COC(=O)C(N)[C@@H]1O[C@@H](c2ccccc2Cl)c2cc(Cl)ccc2N(CC(C)(C)C)C1=O. The van der Waals surface area contributed by atoms with Crippen LogP contribution in [0.5, 0.6) is 0 Å². The zero-order valence-electron chi connectivity index (χ0n) is 17.9. The van der Waals surface area contributed by atoms with E-state index in [9.17, 15) is 9.59 Å². The Hall–Kier alpha value is -2.12. The van der Waals surface area contributed by atoms with Crippen LogP contribution in [0.4, 0.5) is 5.69 Å². The van der Waals surface area contributed by atoms with Gasteiger partial charge in [-0.25, -0.2) is 0 Å². The molecule has 1 amide bonds. The Kier molecular flexibility index (Phi) is 6.96. The van der Waals surface area contributed by atoms with E-state index in [1.54, 1.807) is 35.2 Å². The number of methoxy groups -OCH3 is 1. The number of halogens is 2. The maximum absolute atomic E-state index is 13.6. The largest absolute Gasteiger partial charge is 0.468 e. The van der Waals surface area contributed by atoms with Crippen LogP contribution < -0.4 is 10.6 Å². The van der Waals surface area contributed by atoms with Crippen LogP contribution in [0, 0.1) is 5.41 Å². The predicted molar refractivity (Wildman–Crippen MR) is 121 cm³/mol. The van der Waals surface area contributed by atoms with E-state index in [1.807, 2.05) is 32.9 Å². The molecule has 1 aliphatic heterocycles. The van der Waals surface area contributed by atoms with E-state index in [-0.39, 0.29) is 5.41 Å². The lowest BCUT2D eigenvalue weighted by molar-refractivity contribution is -0.152. The van der Waals surface area contributed by atoms with Crippen LogP contribution in [0.2, 0.25) is 10.0 Å². The zero-order chi connectivity index (χ0) is 22.9. The molecule has 1 heterocycles. The Bertz CT molecular complexity index is 990. The van der Waals surface area contributed by atoms with Gasteiger partial charge < -0.3 is 20.1 Å². The van der Waals surface area contributed by atoms with Crippen LogP contribution in [0.1, 0.15) is 38.0 Å². The summed E-state index contributed by atoms with van der Waals surface area (Å²) >= 11 is 12.8. The number of carbonyl (C=O) groups is 2. The van der Waals surface area contributed by atoms with Gasteiger partial charge in [0.05, 0.1) is 7.11 Å². The van der Waals surface area contributed by atoms with E-state index in [0.29, 0.717) is 33.4 Å². The van der Waals surface area contributed by atoms with Gasteiger partial charge in [0.2, 0.25) is 0 Å². The van der Waals surface area contributed by atoms with Crippen molar-refractivity contribution in [2.45, 2.75) is 39.0 Å². The Labute approximate surface area is 192 Å². The average Bonchev–Trinajstić information content (AvgIpc) is 2.81. The predicted octanol–water partition coefficient (Wildman–Crippen LogP) is 4.36. The van der Waals surface area contributed by atoms with E-state index in [4.69, 9.17) is 38.4 Å². The molecule has 166 valence electrons. The summed E-state index contributed by atoms with van der Waals surface area (Å²) in [5.74, 6) is -1.16. The molecule has 1 unspecified atom stereocenters. The lowest BCUT2D eigenvalue weighted by Gasteiger charge is -2.32. The number of hydrogen-bond donors (Lipinski definition) is 1. The van der Waals surface area contributed by atoms with Gasteiger partial charge in [-0.05, 0) is 29.7 Å². The monoisotopic (exact) mass is 464 g/mol. The van der Waals surface area contributed by atoms with Gasteiger partial charge in [0.1, 0.15) is 12.1 Å². The number of esters is 1. The Morgan fingerprint density at radius 2 is 1.87 bits per heavy atom. The fourth-order valence-corrected chi connectivity index (χ4v) is 4.01. The summed E-state index contributed by atoms with van der Waals surface area (Å²) in [4.78, 5) is 27.5. The molecule has 0 aromatic heterocycles. The van der Waals surface area contributed by atoms with Gasteiger partial charge in [0.25, 0.3) is 5.91 Å². The fourth-order valence-electron chi connectivity index (χ4n) is 3.60. The molecule has 3 atom stereocenters. The van der Waals surface area contributed by atoms with Crippen LogP contribution in [0.15, 0.2) is 42.5 Å². The second-order valence-electron chi connectivity index (χ2n) is 8.70. The number of nitrogens with zero attached hydrogens (tertiary/aromatic N) is 1. The third-order valence-electron chi connectivity index (χ3n) is 4.97. The van der Waals surface area contributed by atoms with Crippen molar-refractivity contribution in [1.82, 2.24) is 0 Å². The molecule has 0 saturated carbocycles. The molecule has 1 aliphatic rings. The molecule has 0 aliphatic carbocycles. The smallest absolute Gasteiger partial charge is 0.325 e. The van der Waals surface area contributed by atoms with Gasteiger partial charge in [0, 0.05) is 33.4 Å². The molecular formula is C23H26Cl2N2O4. The van der Waals surface area contributed by atoms with Gasteiger partial charge in [-0.2, -0.15) is 0 Å². The number of rotatable bonds is 4. The minimum Gasteiger partial charge on any atom is -0.468 e. The normalized spacial score (nSPS) is 20.1. The summed E-state index contributed by atoms with van der Waals surface area (Å²) in [6.45, 7) is 6.43. The standard InChI is InChI=1S/C23H26Cl2N2O4/c1-23(2,3)12-27-17-10-9-13(24)11-15(17)19(14-7-5-6-8-16(14)25)31-20(21(27)28)18(26)22(29)30-4/h5-11,18-20H,12,26H2,1-4H3/t18?,19-,20-/m0/s1. The third-order valence-corrected chi connectivity index (χ3v) is 5.55. The quantitative estimate of drug-likeness (QED) is 0.679. The van der Waals surface area contributed by atoms with Crippen molar-refractivity contribution in [3.63, 3.8) is 0 Å². The van der Waals surface area contributed by atoms with Gasteiger partial charge in [0.15, 0.2) is 6.10 Å². The second kappa shape index (κ2) is 9.17. The number of ether oxygens (including phenoxy) is 2. The Morgan fingerprint density at radius 3 is 2.48 bits per heavy atom. The average molecular weight is 465 g/mol. The first kappa shape index (κ1) is 23.5. The topological polar surface area (TPSA) is 81.9 Å². The van der Waals surface area contributed by atoms with Gasteiger partial charge in [-0.1, -0.05) is 62.2 Å². The molecule has 0 bridgehead atoms. The number of fused-ring (bicyclic) bond motifs is 1. The summed E-state index contributed by atoms with van der Waals surface area (Å²) in [7, 11) is 1.22. The molecule has 0 saturated heterocycles. The zero-order valence-corrected chi connectivity index (χ0v) is 19.4. The van der Waals surface area contributed by atoms with Crippen molar-refractivity contribution in [3.8, 4) is 0 Å². The molecular weight excluding hydrogens is 439 g/mol. The van der Waals surface area contributed by atoms with Crippen LogP contribution >= 0.6 is 23.2 Å². The molecule has 8 heteroatoms. The highest BCUT2D eigenvalue weighted by Gasteiger charge is 2.43. The van der Waals surface area contributed by atoms with E-state index in [1.165, 1.54) is 7.11 Å². The Morgan fingerprint density at radius 1 is 1.19 bits per heavy atom. The highest BCUT2D eigenvalue weighted by atomic mass is 35.5. The minimum absolute atomic E-state index is 0.239. The summed E-state index contributed by atoms with van der Waals surface area (Å²) in [5, 5.41) is 0.943. The first-order valence-corrected chi connectivity index (χ1v) is 10.6. The van der Waals surface area contributed by atoms with E-state index in [2.05, 4.69) is 0 Å². The van der Waals surface area contributed by atoms with Crippen LogP contribution in [0.25, 0.3) is 0 Å². The molecule has 0 radical (unpaired) electrons. The number of hydrogen-bond acceptors (Lipinski definition) is 5. The van der Waals surface area contributed by atoms with Gasteiger partial charge in [-0.15, -0.1) is 0 Å². The molecule has 0 spiro atoms. The number of nitrogens with two attached hydrogens (primary N) is 1. The molecule has 6 nitrogen and oxygen atoms in total. The molecule has 31 heavy (non-hydrogen) atoms. The van der Waals surface area contributed by atoms with Crippen molar-refractivity contribution < 1.29 is 19.1 Å². The van der Waals surface area contributed by atoms with E-state index >= 15 is 0 Å². The summed E-state index contributed by atoms with van der Waals surface area (Å²) in [6, 6.07) is 11.1. The molecule has 2 N–H and O–H groups in total. The number of benzene rings is 2. The van der Waals surface area contributed by atoms with Crippen LogP contribution in [-0.2, 0) is 19.1 Å². The lowest BCUT2D eigenvalue weighted by atomic mass is 9.94. The highest BCUT2D eigenvalue weighted by Crippen LogP contribution is 2.42. The van der Waals surface area contributed by atoms with Crippen molar-refractivity contribution in [3.05, 3.63) is 63.6 Å². The van der Waals surface area contributed by atoms with E-state index < -0.39 is 30.1 Å². The van der Waals surface area contributed by atoms with Crippen molar-refractivity contribution in [2.24, 2.45) is 11.1 Å².